The fourth-order valence-electron chi connectivity index (χ4n) is 2.65. The normalized spacial score (nSPS) is 10.5. The number of hydrogen-bond donors (Lipinski definition) is 0. The minimum absolute atomic E-state index is 0.238. The van der Waals surface area contributed by atoms with E-state index < -0.39 is 5.97 Å². The maximum Gasteiger partial charge on any atom is 0.333 e. The zero-order chi connectivity index (χ0) is 24.9. The summed E-state index contributed by atoms with van der Waals surface area (Å²) in [6, 6.07) is 7.61. The van der Waals surface area contributed by atoms with Gasteiger partial charge >= 0.3 is 11.9 Å². The van der Waals surface area contributed by atoms with Gasteiger partial charge in [-0.25, -0.2) is 4.79 Å². The van der Waals surface area contributed by atoms with Crippen LogP contribution in [0.4, 0.5) is 0 Å². The molecule has 8 nitrogen and oxygen atoms in total. The first-order valence-electron chi connectivity index (χ1n) is 12.0. The van der Waals surface area contributed by atoms with Crippen molar-refractivity contribution in [2.75, 3.05) is 52.9 Å². The fraction of sp³-hybridized carbons (Fsp3) is 0.615. The second-order valence-corrected chi connectivity index (χ2v) is 7.70. The summed E-state index contributed by atoms with van der Waals surface area (Å²) in [4.78, 5) is 22.8. The van der Waals surface area contributed by atoms with Crippen molar-refractivity contribution in [2.24, 2.45) is 0 Å². The minimum atomic E-state index is -0.407. The van der Waals surface area contributed by atoms with Crippen LogP contribution in [0.1, 0.15) is 52.4 Å². The molecule has 1 aromatic carbocycles. The van der Waals surface area contributed by atoms with Gasteiger partial charge in [-0.1, -0.05) is 19.6 Å². The van der Waals surface area contributed by atoms with E-state index in [1.807, 2.05) is 24.3 Å². The van der Waals surface area contributed by atoms with Gasteiger partial charge in [-0.15, -0.1) is 0 Å². The number of rotatable bonds is 21. The Morgan fingerprint density at radius 1 is 0.765 bits per heavy atom. The lowest BCUT2D eigenvalue weighted by atomic mass is 10.2. The Morgan fingerprint density at radius 3 is 2.03 bits per heavy atom. The first kappa shape index (κ1) is 29.5. The SMILES string of the molecule is C=C(C)C(=O)OCCCCC(=O)OCCOCCCCOCCOc1cccc(OCCC)c1. The molecule has 0 aliphatic rings. The summed E-state index contributed by atoms with van der Waals surface area (Å²) in [5, 5.41) is 0. The summed E-state index contributed by atoms with van der Waals surface area (Å²) in [6.45, 7) is 11.0. The minimum Gasteiger partial charge on any atom is -0.493 e. The maximum atomic E-state index is 11.6. The number of benzene rings is 1. The molecule has 8 heteroatoms. The van der Waals surface area contributed by atoms with Crippen LogP contribution in [0.2, 0.25) is 0 Å². The lowest BCUT2D eigenvalue weighted by Crippen LogP contribution is -2.12. The average molecular weight is 481 g/mol. The predicted octanol–water partition coefficient (Wildman–Crippen LogP) is 4.50. The number of esters is 2. The van der Waals surface area contributed by atoms with Crippen molar-refractivity contribution in [1.82, 2.24) is 0 Å². The van der Waals surface area contributed by atoms with Crippen LogP contribution in [0.25, 0.3) is 0 Å². The van der Waals surface area contributed by atoms with Crippen LogP contribution >= 0.6 is 0 Å². The van der Waals surface area contributed by atoms with Crippen molar-refractivity contribution >= 4 is 11.9 Å². The zero-order valence-corrected chi connectivity index (χ0v) is 20.7. The Kier molecular flexibility index (Phi) is 17.2. The van der Waals surface area contributed by atoms with Gasteiger partial charge in [0.15, 0.2) is 0 Å². The van der Waals surface area contributed by atoms with Crippen LogP contribution < -0.4 is 9.47 Å². The summed E-state index contributed by atoms with van der Waals surface area (Å²) in [5.41, 5.74) is 0.368. The van der Waals surface area contributed by atoms with Crippen LogP contribution in [0.15, 0.2) is 36.4 Å². The molecular formula is C26H40O8. The van der Waals surface area contributed by atoms with Crippen LogP contribution in [-0.2, 0) is 28.5 Å². The number of ether oxygens (including phenoxy) is 6. The summed E-state index contributed by atoms with van der Waals surface area (Å²) >= 11 is 0. The predicted molar refractivity (Wildman–Crippen MR) is 129 cm³/mol. The Balaban J connectivity index is 1.86. The van der Waals surface area contributed by atoms with Crippen LogP contribution in [-0.4, -0.2) is 64.8 Å². The van der Waals surface area contributed by atoms with Crippen molar-refractivity contribution in [3.05, 3.63) is 36.4 Å². The Hall–Kier alpha value is -2.58. The third-order valence-corrected chi connectivity index (χ3v) is 4.45. The topological polar surface area (TPSA) is 89.5 Å². The molecular weight excluding hydrogens is 440 g/mol. The molecule has 192 valence electrons. The third kappa shape index (κ3) is 16.1. The molecule has 0 heterocycles. The molecule has 0 aliphatic carbocycles. The molecule has 1 aromatic rings. The molecule has 0 N–H and O–H groups in total. The molecule has 0 aromatic heterocycles. The van der Waals surface area contributed by atoms with Crippen molar-refractivity contribution in [3.8, 4) is 11.5 Å². The monoisotopic (exact) mass is 480 g/mol. The molecule has 1 rings (SSSR count). The summed E-state index contributed by atoms with van der Waals surface area (Å²) in [6.07, 6.45) is 4.23. The van der Waals surface area contributed by atoms with Crippen LogP contribution in [0.3, 0.4) is 0 Å². The van der Waals surface area contributed by atoms with Crippen LogP contribution in [0, 0.1) is 0 Å². The molecule has 0 radical (unpaired) electrons. The maximum absolute atomic E-state index is 11.6. The Labute approximate surface area is 203 Å². The largest absolute Gasteiger partial charge is 0.493 e. The van der Waals surface area contributed by atoms with Gasteiger partial charge in [0.2, 0.25) is 0 Å². The van der Waals surface area contributed by atoms with E-state index in [9.17, 15) is 9.59 Å². The highest BCUT2D eigenvalue weighted by atomic mass is 16.6. The van der Waals surface area contributed by atoms with Gasteiger partial charge in [-0.2, -0.15) is 0 Å². The molecule has 0 atom stereocenters. The van der Waals surface area contributed by atoms with Gasteiger partial charge in [-0.05, 0) is 51.2 Å². The summed E-state index contributed by atoms with van der Waals surface area (Å²) in [7, 11) is 0. The summed E-state index contributed by atoms with van der Waals surface area (Å²) in [5.74, 6) is 0.908. The third-order valence-electron chi connectivity index (χ3n) is 4.45. The van der Waals surface area contributed by atoms with Crippen molar-refractivity contribution in [1.29, 1.82) is 0 Å². The van der Waals surface area contributed by atoms with Gasteiger partial charge in [0.05, 0.1) is 26.4 Å². The smallest absolute Gasteiger partial charge is 0.333 e. The Morgan fingerprint density at radius 2 is 1.38 bits per heavy atom. The van der Waals surface area contributed by atoms with E-state index in [1.54, 1.807) is 6.92 Å². The number of carbonyl (C=O) groups is 2. The number of unbranched alkanes of at least 4 members (excludes halogenated alkanes) is 2. The van der Waals surface area contributed by atoms with E-state index in [0.717, 1.165) is 30.8 Å². The molecule has 0 amide bonds. The standard InChI is InChI=1S/C26H40O8/c1-4-13-31-23-10-9-11-24(21-23)32-19-17-29-14-7-8-15-30-18-20-33-25(27)12-5-6-16-34-26(28)22(2)3/h9-11,21H,2,4-8,12-20H2,1,3H3. The van der Waals surface area contributed by atoms with Crippen molar-refractivity contribution < 1.29 is 38.0 Å². The van der Waals surface area contributed by atoms with Gasteiger partial charge in [0, 0.05) is 31.3 Å². The summed E-state index contributed by atoms with van der Waals surface area (Å²) < 4.78 is 32.4. The second-order valence-electron chi connectivity index (χ2n) is 7.70. The van der Waals surface area contributed by atoms with Gasteiger partial charge in [0.25, 0.3) is 0 Å². The fourth-order valence-corrected chi connectivity index (χ4v) is 2.65. The quantitative estimate of drug-likeness (QED) is 0.144. The van der Waals surface area contributed by atoms with E-state index in [2.05, 4.69) is 13.5 Å². The molecule has 0 bridgehead atoms. The Bertz CT molecular complexity index is 704. The van der Waals surface area contributed by atoms with Crippen molar-refractivity contribution in [3.63, 3.8) is 0 Å². The number of carbonyl (C=O) groups excluding carboxylic acids is 2. The molecule has 0 spiro atoms. The second kappa shape index (κ2) is 19.9. The first-order chi connectivity index (χ1) is 16.5. The molecule has 0 unspecified atom stereocenters. The molecule has 0 aliphatic heterocycles. The lowest BCUT2D eigenvalue weighted by Gasteiger charge is -2.09. The van der Waals surface area contributed by atoms with Gasteiger partial charge in [-0.3, -0.25) is 4.79 Å². The van der Waals surface area contributed by atoms with Gasteiger partial charge in [0.1, 0.15) is 24.7 Å². The molecule has 0 saturated carbocycles. The lowest BCUT2D eigenvalue weighted by molar-refractivity contribution is -0.145. The highest BCUT2D eigenvalue weighted by Gasteiger charge is 2.05. The molecule has 0 saturated heterocycles. The van der Waals surface area contributed by atoms with Crippen LogP contribution in [0.5, 0.6) is 11.5 Å². The zero-order valence-electron chi connectivity index (χ0n) is 20.7. The van der Waals surface area contributed by atoms with Gasteiger partial charge < -0.3 is 28.4 Å². The number of hydrogen-bond acceptors (Lipinski definition) is 8. The average Bonchev–Trinajstić information content (AvgIpc) is 2.83. The van der Waals surface area contributed by atoms with E-state index >= 15 is 0 Å². The van der Waals surface area contributed by atoms with E-state index in [1.165, 1.54) is 0 Å². The molecule has 0 fully saturated rings. The first-order valence-corrected chi connectivity index (χ1v) is 12.0. The highest BCUT2D eigenvalue weighted by Crippen LogP contribution is 2.19. The van der Waals surface area contributed by atoms with E-state index in [4.69, 9.17) is 28.4 Å². The van der Waals surface area contributed by atoms with E-state index in [0.29, 0.717) is 64.5 Å². The van der Waals surface area contributed by atoms with E-state index in [-0.39, 0.29) is 19.2 Å². The van der Waals surface area contributed by atoms with Crippen molar-refractivity contribution in [2.45, 2.75) is 52.4 Å². The highest BCUT2D eigenvalue weighted by molar-refractivity contribution is 5.86. The molecule has 34 heavy (non-hydrogen) atoms.